The van der Waals surface area contributed by atoms with Crippen LogP contribution in [0, 0.1) is 0 Å². The summed E-state index contributed by atoms with van der Waals surface area (Å²) in [5.41, 5.74) is 22.8. The summed E-state index contributed by atoms with van der Waals surface area (Å²) in [5.74, 6) is 0. The number of benzene rings is 8. The van der Waals surface area contributed by atoms with Gasteiger partial charge in [-0.15, -0.1) is 0 Å². The molecule has 3 aliphatic carbocycles. The van der Waals surface area contributed by atoms with Gasteiger partial charge in [-0.05, 0) is 125 Å². The van der Waals surface area contributed by atoms with Gasteiger partial charge >= 0.3 is 0 Å². The SMILES string of the molecule is CC(C)(C)c1cccc2c1-c1ccccc1C21c2ccccc2C(C)(C)c2ccc(N(c3ccc(-c4ccccc4)cc3)c3ccc4c(c3)C(C)(C)c3ccccc3-4)cc21. The average Bonchev–Trinajstić information content (AvgIpc) is 3.69. The lowest BCUT2D eigenvalue weighted by atomic mass is 9.55. The molecule has 8 aromatic carbocycles. The van der Waals surface area contributed by atoms with E-state index in [1.165, 1.54) is 83.5 Å². The fraction of sp³-hybridized carbons (Fsp3) is 0.186. The minimum absolute atomic E-state index is 0.0359. The highest BCUT2D eigenvalue weighted by Crippen LogP contribution is 2.64. The van der Waals surface area contributed by atoms with Crippen LogP contribution in [-0.2, 0) is 21.7 Å². The average molecular weight is 774 g/mol. The summed E-state index contributed by atoms with van der Waals surface area (Å²) in [5, 5.41) is 0. The molecule has 0 aliphatic heterocycles. The van der Waals surface area contributed by atoms with Gasteiger partial charge in [0.25, 0.3) is 0 Å². The Morgan fingerprint density at radius 1 is 0.350 bits per heavy atom. The molecule has 1 unspecified atom stereocenters. The maximum atomic E-state index is 2.56. The molecule has 3 aliphatic rings. The number of rotatable bonds is 4. The Labute approximate surface area is 356 Å². The topological polar surface area (TPSA) is 3.24 Å². The van der Waals surface area contributed by atoms with E-state index in [0.717, 1.165) is 17.1 Å². The molecule has 0 N–H and O–H groups in total. The predicted octanol–water partition coefficient (Wildman–Crippen LogP) is 15.4. The second-order valence-electron chi connectivity index (χ2n) is 19.3. The molecule has 8 aromatic rings. The molecule has 1 atom stereocenters. The van der Waals surface area contributed by atoms with Crippen molar-refractivity contribution in [3.05, 3.63) is 232 Å². The summed E-state index contributed by atoms with van der Waals surface area (Å²) in [6.45, 7) is 16.7. The fourth-order valence-electron chi connectivity index (χ4n) is 11.4. The van der Waals surface area contributed by atoms with Gasteiger partial charge in [-0.3, -0.25) is 0 Å². The molecule has 1 heteroatoms. The molecule has 1 nitrogen and oxygen atoms in total. The van der Waals surface area contributed by atoms with E-state index in [9.17, 15) is 0 Å². The Kier molecular flexibility index (Phi) is 7.80. The minimum atomic E-state index is -0.505. The zero-order valence-corrected chi connectivity index (χ0v) is 35.8. The van der Waals surface area contributed by atoms with Crippen LogP contribution < -0.4 is 4.90 Å². The third-order valence-corrected chi connectivity index (χ3v) is 14.3. The van der Waals surface area contributed by atoms with Crippen molar-refractivity contribution in [2.24, 2.45) is 0 Å². The van der Waals surface area contributed by atoms with Crippen molar-refractivity contribution in [2.45, 2.75) is 70.1 Å². The van der Waals surface area contributed by atoms with Crippen LogP contribution in [0.2, 0.25) is 0 Å². The first kappa shape index (κ1) is 36.6. The van der Waals surface area contributed by atoms with Crippen molar-refractivity contribution in [3.63, 3.8) is 0 Å². The Bertz CT molecular complexity index is 3010. The molecular weight excluding hydrogens is 723 g/mol. The maximum Gasteiger partial charge on any atom is 0.0720 e. The maximum absolute atomic E-state index is 2.56. The molecule has 0 radical (unpaired) electrons. The van der Waals surface area contributed by atoms with E-state index < -0.39 is 5.41 Å². The van der Waals surface area contributed by atoms with Gasteiger partial charge in [0.2, 0.25) is 0 Å². The van der Waals surface area contributed by atoms with E-state index >= 15 is 0 Å². The molecule has 0 aromatic heterocycles. The van der Waals surface area contributed by atoms with Crippen LogP contribution >= 0.6 is 0 Å². The lowest BCUT2D eigenvalue weighted by molar-refractivity contribution is 0.561. The lowest BCUT2D eigenvalue weighted by Crippen LogP contribution is -2.41. The Balaban J connectivity index is 1.20. The summed E-state index contributed by atoms with van der Waals surface area (Å²) in [7, 11) is 0. The monoisotopic (exact) mass is 773 g/mol. The van der Waals surface area contributed by atoms with Gasteiger partial charge in [-0.25, -0.2) is 0 Å². The number of hydrogen-bond acceptors (Lipinski definition) is 1. The lowest BCUT2D eigenvalue weighted by Gasteiger charge is -2.47. The first-order valence-corrected chi connectivity index (χ1v) is 21.6. The zero-order valence-electron chi connectivity index (χ0n) is 35.8. The largest absolute Gasteiger partial charge is 0.310 e. The van der Waals surface area contributed by atoms with Crippen molar-refractivity contribution in [2.75, 3.05) is 4.90 Å². The highest BCUT2D eigenvalue weighted by atomic mass is 15.1. The predicted molar refractivity (Wildman–Crippen MR) is 252 cm³/mol. The fourth-order valence-corrected chi connectivity index (χ4v) is 11.4. The molecule has 1 spiro atoms. The zero-order chi connectivity index (χ0) is 41.2. The second kappa shape index (κ2) is 12.8. The molecule has 0 heterocycles. The summed E-state index contributed by atoms with van der Waals surface area (Å²) in [6, 6.07) is 69.0. The van der Waals surface area contributed by atoms with E-state index in [-0.39, 0.29) is 16.2 Å². The Hall–Kier alpha value is -6.44. The molecule has 0 bridgehead atoms. The van der Waals surface area contributed by atoms with E-state index in [1.54, 1.807) is 0 Å². The first-order chi connectivity index (χ1) is 28.9. The number of nitrogens with zero attached hydrogens (tertiary/aromatic N) is 1. The standard InChI is InChI=1S/C59H51N/c1-56(2,3)51-26-17-27-52-55(51)45-21-12-14-23-47(45)59(52)50-25-16-15-24-48(50)58(6,7)49-35-33-42(37-54(49)59)60(40-30-28-39(29-31-40)38-18-9-8-10-19-38)41-32-34-44-43-20-11-13-22-46(43)57(4,5)53(44)36-41/h8-37H,1-7H3. The molecule has 0 amide bonds. The Morgan fingerprint density at radius 2 is 0.850 bits per heavy atom. The van der Waals surface area contributed by atoms with Gasteiger partial charge in [0.1, 0.15) is 0 Å². The second-order valence-corrected chi connectivity index (χ2v) is 19.3. The highest BCUT2D eigenvalue weighted by Gasteiger charge is 2.54. The smallest absolute Gasteiger partial charge is 0.0720 e. The van der Waals surface area contributed by atoms with Gasteiger partial charge in [-0.2, -0.15) is 0 Å². The van der Waals surface area contributed by atoms with E-state index in [4.69, 9.17) is 0 Å². The van der Waals surface area contributed by atoms with Crippen LogP contribution in [0.3, 0.4) is 0 Å². The van der Waals surface area contributed by atoms with Gasteiger partial charge in [0, 0.05) is 27.9 Å². The van der Waals surface area contributed by atoms with E-state index in [0.29, 0.717) is 0 Å². The van der Waals surface area contributed by atoms with Gasteiger partial charge in [-0.1, -0.05) is 194 Å². The van der Waals surface area contributed by atoms with Crippen LogP contribution in [0.25, 0.3) is 33.4 Å². The van der Waals surface area contributed by atoms with Crippen molar-refractivity contribution in [1.29, 1.82) is 0 Å². The number of anilines is 3. The summed E-state index contributed by atoms with van der Waals surface area (Å²) < 4.78 is 0. The van der Waals surface area contributed by atoms with Crippen LogP contribution in [-0.4, -0.2) is 0 Å². The van der Waals surface area contributed by atoms with Crippen molar-refractivity contribution in [3.8, 4) is 33.4 Å². The quantitative estimate of drug-likeness (QED) is 0.172. The third kappa shape index (κ3) is 4.99. The summed E-state index contributed by atoms with van der Waals surface area (Å²) in [6.07, 6.45) is 0. The normalized spacial score (nSPS) is 17.2. The molecule has 0 saturated heterocycles. The molecule has 0 saturated carbocycles. The molecular formula is C59H51N. The van der Waals surface area contributed by atoms with Gasteiger partial charge in [0.05, 0.1) is 5.41 Å². The van der Waals surface area contributed by atoms with Crippen LogP contribution in [0.15, 0.2) is 182 Å². The number of hydrogen-bond donors (Lipinski definition) is 0. The van der Waals surface area contributed by atoms with Crippen molar-refractivity contribution >= 4 is 17.1 Å². The number of fused-ring (bicyclic) bond motifs is 12. The van der Waals surface area contributed by atoms with Gasteiger partial charge < -0.3 is 4.90 Å². The van der Waals surface area contributed by atoms with Gasteiger partial charge in [0.15, 0.2) is 0 Å². The van der Waals surface area contributed by atoms with E-state index in [2.05, 4.69) is 235 Å². The molecule has 292 valence electrons. The molecule has 11 rings (SSSR count). The van der Waals surface area contributed by atoms with Crippen molar-refractivity contribution < 1.29 is 0 Å². The molecule has 60 heavy (non-hydrogen) atoms. The van der Waals surface area contributed by atoms with Crippen molar-refractivity contribution in [1.82, 2.24) is 0 Å². The minimum Gasteiger partial charge on any atom is -0.310 e. The third-order valence-electron chi connectivity index (χ3n) is 14.3. The highest BCUT2D eigenvalue weighted by molar-refractivity contribution is 5.92. The summed E-state index contributed by atoms with van der Waals surface area (Å²) in [4.78, 5) is 2.50. The first-order valence-electron chi connectivity index (χ1n) is 21.6. The Morgan fingerprint density at radius 3 is 1.57 bits per heavy atom. The molecule has 0 fully saturated rings. The van der Waals surface area contributed by atoms with Crippen LogP contribution in [0.1, 0.15) is 98.5 Å². The van der Waals surface area contributed by atoms with Crippen LogP contribution in [0.4, 0.5) is 17.1 Å². The van der Waals surface area contributed by atoms with Crippen LogP contribution in [0.5, 0.6) is 0 Å². The van der Waals surface area contributed by atoms with E-state index in [1.807, 2.05) is 0 Å². The summed E-state index contributed by atoms with van der Waals surface area (Å²) >= 11 is 0.